The third-order valence-electron chi connectivity index (χ3n) is 7.08. The van der Waals surface area contributed by atoms with E-state index >= 15 is 0 Å². The van der Waals surface area contributed by atoms with Crippen LogP contribution in [0.5, 0.6) is 0 Å². The number of hydrogen-bond acceptors (Lipinski definition) is 4. The van der Waals surface area contributed by atoms with Gasteiger partial charge in [0.2, 0.25) is 11.8 Å². The van der Waals surface area contributed by atoms with Gasteiger partial charge in [0.1, 0.15) is 11.9 Å². The fourth-order valence-corrected chi connectivity index (χ4v) is 4.33. The molecule has 1 aliphatic rings. The summed E-state index contributed by atoms with van der Waals surface area (Å²) < 4.78 is 2.01. The Kier molecular flexibility index (Phi) is 8.51. The highest BCUT2D eigenvalue weighted by molar-refractivity contribution is 5.93. The number of hydrogen-bond donors (Lipinski definition) is 2. The lowest BCUT2D eigenvalue weighted by atomic mass is 9.95. The van der Waals surface area contributed by atoms with Crippen LogP contribution in [0.1, 0.15) is 56.0 Å². The lowest BCUT2D eigenvalue weighted by Crippen LogP contribution is -2.45. The van der Waals surface area contributed by atoms with Crippen molar-refractivity contribution in [3.63, 3.8) is 0 Å². The van der Waals surface area contributed by atoms with Crippen molar-refractivity contribution in [2.45, 2.75) is 60.0 Å². The van der Waals surface area contributed by atoms with Gasteiger partial charge in [-0.15, -0.1) is 0 Å². The number of rotatable bonds is 8. The van der Waals surface area contributed by atoms with E-state index in [-0.39, 0.29) is 30.3 Å². The molecule has 0 saturated carbocycles. The second-order valence-corrected chi connectivity index (χ2v) is 9.76. The lowest BCUT2D eigenvalue weighted by molar-refractivity contribution is -0.127. The number of anilines is 1. The maximum Gasteiger partial charge on any atom is 0.239 e. The number of carbonyl (C=O) groups is 2. The van der Waals surface area contributed by atoms with Gasteiger partial charge in [0.05, 0.1) is 12.1 Å². The Balaban J connectivity index is 1.62. The zero-order valence-corrected chi connectivity index (χ0v) is 21.0. The summed E-state index contributed by atoms with van der Waals surface area (Å²) in [6.45, 7) is 12.4. The van der Waals surface area contributed by atoms with E-state index in [0.29, 0.717) is 36.9 Å². The molecule has 2 aromatic rings. The first-order chi connectivity index (χ1) is 16.2. The van der Waals surface area contributed by atoms with Crippen molar-refractivity contribution in [3.8, 4) is 6.07 Å². The molecule has 1 aliphatic heterocycles. The lowest BCUT2D eigenvalue weighted by Gasteiger charge is -2.31. The molecule has 2 heterocycles. The SMILES string of the molecule is Cc1c(C#N)c(NC(=O)CN2CCC(C(=O)NC(C)C(C)C)CC2)n(Cc2ccccc2)c1C. The number of benzene rings is 1. The van der Waals surface area contributed by atoms with E-state index in [9.17, 15) is 14.9 Å². The zero-order valence-electron chi connectivity index (χ0n) is 21.0. The summed E-state index contributed by atoms with van der Waals surface area (Å²) in [5.41, 5.74) is 3.47. The van der Waals surface area contributed by atoms with Crippen molar-refractivity contribution < 1.29 is 9.59 Å². The molecule has 2 N–H and O–H groups in total. The molecule has 1 aromatic heterocycles. The number of likely N-dealkylation sites (tertiary alicyclic amines) is 1. The average Bonchev–Trinajstić information content (AvgIpc) is 3.03. The summed E-state index contributed by atoms with van der Waals surface area (Å²) >= 11 is 0. The topological polar surface area (TPSA) is 90.2 Å². The van der Waals surface area contributed by atoms with Gasteiger partial charge in [-0.25, -0.2) is 0 Å². The molecule has 7 nitrogen and oxygen atoms in total. The van der Waals surface area contributed by atoms with Crippen LogP contribution in [-0.4, -0.2) is 47.0 Å². The van der Waals surface area contributed by atoms with Crippen LogP contribution < -0.4 is 10.6 Å². The normalized spacial score (nSPS) is 15.7. The van der Waals surface area contributed by atoms with E-state index in [1.807, 2.05) is 55.7 Å². The number of piperidine rings is 1. The number of nitriles is 1. The van der Waals surface area contributed by atoms with E-state index in [1.54, 1.807) is 0 Å². The van der Waals surface area contributed by atoms with Crippen molar-refractivity contribution in [1.29, 1.82) is 5.26 Å². The summed E-state index contributed by atoms with van der Waals surface area (Å²) in [4.78, 5) is 27.6. The highest BCUT2D eigenvalue weighted by Gasteiger charge is 2.28. The molecule has 1 saturated heterocycles. The molecule has 1 unspecified atom stereocenters. The second-order valence-electron chi connectivity index (χ2n) is 9.76. The molecule has 2 amide bonds. The summed E-state index contributed by atoms with van der Waals surface area (Å²) in [7, 11) is 0. The monoisotopic (exact) mass is 463 g/mol. The van der Waals surface area contributed by atoms with Crippen LogP contribution in [0.25, 0.3) is 0 Å². The largest absolute Gasteiger partial charge is 0.353 e. The molecular weight excluding hydrogens is 426 g/mol. The first-order valence-electron chi connectivity index (χ1n) is 12.2. The fourth-order valence-electron chi connectivity index (χ4n) is 4.33. The van der Waals surface area contributed by atoms with Crippen molar-refractivity contribution in [3.05, 3.63) is 52.7 Å². The van der Waals surface area contributed by atoms with Gasteiger partial charge in [-0.05, 0) is 63.7 Å². The summed E-state index contributed by atoms with van der Waals surface area (Å²) in [5, 5.41) is 15.9. The Labute approximate surface area is 203 Å². The third kappa shape index (κ3) is 6.06. The molecule has 1 atom stereocenters. The van der Waals surface area contributed by atoms with Crippen LogP contribution in [0, 0.1) is 37.0 Å². The van der Waals surface area contributed by atoms with Gasteiger partial charge >= 0.3 is 0 Å². The Morgan fingerprint density at radius 1 is 1.12 bits per heavy atom. The van der Waals surface area contributed by atoms with Crippen molar-refractivity contribution >= 4 is 17.6 Å². The van der Waals surface area contributed by atoms with E-state index in [1.165, 1.54) is 0 Å². The molecule has 0 bridgehead atoms. The minimum absolute atomic E-state index is 0.000827. The molecule has 1 aromatic carbocycles. The van der Waals surface area contributed by atoms with Crippen LogP contribution in [0.3, 0.4) is 0 Å². The summed E-state index contributed by atoms with van der Waals surface area (Å²) in [6.07, 6.45) is 1.49. The Bertz CT molecular complexity index is 1040. The van der Waals surface area contributed by atoms with Crippen molar-refractivity contribution in [2.24, 2.45) is 11.8 Å². The van der Waals surface area contributed by atoms with Crippen LogP contribution in [0.15, 0.2) is 30.3 Å². The number of nitrogens with one attached hydrogen (secondary N) is 2. The fraction of sp³-hybridized carbons (Fsp3) is 0.519. The highest BCUT2D eigenvalue weighted by atomic mass is 16.2. The van der Waals surface area contributed by atoms with Gasteiger partial charge < -0.3 is 15.2 Å². The number of amides is 2. The predicted molar refractivity (Wildman–Crippen MR) is 134 cm³/mol. The second kappa shape index (κ2) is 11.3. The average molecular weight is 464 g/mol. The third-order valence-corrected chi connectivity index (χ3v) is 7.08. The van der Waals surface area contributed by atoms with Gasteiger partial charge in [0, 0.05) is 24.2 Å². The Morgan fingerprint density at radius 2 is 1.76 bits per heavy atom. The standard InChI is InChI=1S/C27H37N5O2/c1-18(2)20(4)29-27(34)23-11-13-31(14-12-23)17-25(33)30-26-24(15-28)19(3)21(5)32(26)16-22-9-7-6-8-10-22/h6-10,18,20,23H,11-14,16-17H2,1-5H3,(H,29,34)(H,30,33). The zero-order chi connectivity index (χ0) is 24.8. The molecule has 34 heavy (non-hydrogen) atoms. The van der Waals surface area contributed by atoms with Crippen molar-refractivity contribution in [1.82, 2.24) is 14.8 Å². The minimum Gasteiger partial charge on any atom is -0.353 e. The molecule has 0 aliphatic carbocycles. The van der Waals surface area contributed by atoms with E-state index < -0.39 is 0 Å². The maximum absolute atomic E-state index is 13.0. The smallest absolute Gasteiger partial charge is 0.239 e. The van der Waals surface area contributed by atoms with Gasteiger partial charge in [0.25, 0.3) is 0 Å². The van der Waals surface area contributed by atoms with Crippen LogP contribution in [-0.2, 0) is 16.1 Å². The quantitative estimate of drug-likeness (QED) is 0.622. The van der Waals surface area contributed by atoms with E-state index in [2.05, 4.69) is 35.5 Å². The molecule has 0 radical (unpaired) electrons. The minimum atomic E-state index is -0.139. The maximum atomic E-state index is 13.0. The summed E-state index contributed by atoms with van der Waals surface area (Å²) in [5.74, 6) is 0.940. The first-order valence-corrected chi connectivity index (χ1v) is 12.2. The number of aromatic nitrogens is 1. The number of nitrogens with zero attached hydrogens (tertiary/aromatic N) is 3. The first kappa shape index (κ1) is 25.5. The molecule has 182 valence electrons. The molecular formula is C27H37N5O2. The van der Waals surface area contributed by atoms with E-state index in [4.69, 9.17) is 0 Å². The summed E-state index contributed by atoms with van der Waals surface area (Å²) in [6, 6.07) is 12.4. The number of carbonyl (C=O) groups excluding carboxylic acids is 2. The van der Waals surface area contributed by atoms with Gasteiger partial charge in [-0.1, -0.05) is 44.2 Å². The van der Waals surface area contributed by atoms with Gasteiger partial charge in [0.15, 0.2) is 0 Å². The van der Waals surface area contributed by atoms with Crippen molar-refractivity contribution in [2.75, 3.05) is 25.0 Å². The predicted octanol–water partition coefficient (Wildman–Crippen LogP) is 3.84. The van der Waals surface area contributed by atoms with E-state index in [0.717, 1.165) is 29.7 Å². The molecule has 1 fully saturated rings. The highest BCUT2D eigenvalue weighted by Crippen LogP contribution is 2.27. The Hall–Kier alpha value is -3.11. The van der Waals surface area contributed by atoms with Gasteiger partial charge in [-0.3, -0.25) is 14.5 Å². The van der Waals surface area contributed by atoms with Crippen LogP contribution in [0.4, 0.5) is 5.82 Å². The Morgan fingerprint density at radius 3 is 2.35 bits per heavy atom. The molecule has 7 heteroatoms. The van der Waals surface area contributed by atoms with Crippen LogP contribution >= 0.6 is 0 Å². The van der Waals surface area contributed by atoms with Gasteiger partial charge in [-0.2, -0.15) is 5.26 Å². The van der Waals surface area contributed by atoms with Crippen LogP contribution in [0.2, 0.25) is 0 Å². The molecule has 3 rings (SSSR count). The molecule has 0 spiro atoms.